The van der Waals surface area contributed by atoms with E-state index in [1.807, 2.05) is 66.0 Å². The smallest absolute Gasteiger partial charge is 0.262 e. The van der Waals surface area contributed by atoms with Gasteiger partial charge in [0.1, 0.15) is 6.04 Å². The lowest BCUT2D eigenvalue weighted by Crippen LogP contribution is -2.45. The topological polar surface area (TPSA) is 84.0 Å². The Bertz CT molecular complexity index is 1130. The van der Waals surface area contributed by atoms with Crippen LogP contribution in [-0.4, -0.2) is 27.8 Å². The van der Waals surface area contributed by atoms with Crippen LogP contribution in [0.1, 0.15) is 15.2 Å². The third-order valence-electron chi connectivity index (χ3n) is 4.60. The quantitative estimate of drug-likeness (QED) is 0.462. The van der Waals surface area contributed by atoms with Gasteiger partial charge in [0.15, 0.2) is 5.82 Å². The Kier molecular flexibility index (Phi) is 6.44. The molecule has 2 N–H and O–H groups in total. The van der Waals surface area contributed by atoms with Crippen LogP contribution in [0.2, 0.25) is 0 Å². The van der Waals surface area contributed by atoms with Crippen LogP contribution in [-0.2, 0) is 11.2 Å². The fraction of sp³-hybridized carbons (Fsp3) is 0.0833. The molecule has 0 bridgehead atoms. The maximum atomic E-state index is 13.0. The van der Waals surface area contributed by atoms with E-state index in [0.29, 0.717) is 22.8 Å². The number of carbonyl (C=O) groups excluding carboxylic acids is 2. The van der Waals surface area contributed by atoms with Gasteiger partial charge in [-0.2, -0.15) is 0 Å². The van der Waals surface area contributed by atoms with Crippen LogP contribution in [0.5, 0.6) is 0 Å². The van der Waals surface area contributed by atoms with Crippen LogP contribution in [0.3, 0.4) is 0 Å². The minimum absolute atomic E-state index is 0.276. The summed E-state index contributed by atoms with van der Waals surface area (Å²) in [6, 6.07) is 22.0. The van der Waals surface area contributed by atoms with E-state index in [0.717, 1.165) is 11.1 Å². The average molecular weight is 429 g/mol. The van der Waals surface area contributed by atoms with Gasteiger partial charge >= 0.3 is 0 Å². The largest absolute Gasteiger partial charge is 0.339 e. The van der Waals surface area contributed by atoms with Crippen molar-refractivity contribution in [3.05, 3.63) is 101 Å². The molecule has 154 valence electrons. The molecule has 4 rings (SSSR count). The molecule has 2 aromatic carbocycles. The summed E-state index contributed by atoms with van der Waals surface area (Å²) in [5.41, 5.74) is 2.31. The van der Waals surface area contributed by atoms with Gasteiger partial charge in [0.2, 0.25) is 5.91 Å². The van der Waals surface area contributed by atoms with Crippen molar-refractivity contribution in [3.8, 4) is 11.4 Å². The SMILES string of the molecule is O=C(NC(Cc1ccccc1)C(=O)Nc1cnc(-c2ccccc2)nc1)c1cccs1. The normalized spacial score (nSPS) is 11.5. The first-order chi connectivity index (χ1) is 15.2. The van der Waals surface area contributed by atoms with Crippen LogP contribution >= 0.6 is 11.3 Å². The zero-order valence-electron chi connectivity index (χ0n) is 16.6. The van der Waals surface area contributed by atoms with Gasteiger partial charge in [-0.3, -0.25) is 9.59 Å². The number of hydrogen-bond donors (Lipinski definition) is 2. The van der Waals surface area contributed by atoms with Crippen LogP contribution in [0.15, 0.2) is 90.6 Å². The number of amides is 2. The van der Waals surface area contributed by atoms with E-state index in [-0.39, 0.29) is 11.8 Å². The Morgan fingerprint density at radius 3 is 2.19 bits per heavy atom. The highest BCUT2D eigenvalue weighted by Gasteiger charge is 2.23. The predicted octanol–water partition coefficient (Wildman–Crippen LogP) is 4.18. The third kappa shape index (κ3) is 5.40. The van der Waals surface area contributed by atoms with Crippen molar-refractivity contribution in [1.82, 2.24) is 15.3 Å². The highest BCUT2D eigenvalue weighted by Crippen LogP contribution is 2.16. The molecule has 0 spiro atoms. The Morgan fingerprint density at radius 1 is 0.871 bits per heavy atom. The van der Waals surface area contributed by atoms with Crippen molar-refractivity contribution in [3.63, 3.8) is 0 Å². The van der Waals surface area contributed by atoms with E-state index >= 15 is 0 Å². The maximum absolute atomic E-state index is 13.0. The molecule has 0 saturated heterocycles. The molecule has 0 aliphatic heterocycles. The molecule has 6 nitrogen and oxygen atoms in total. The number of nitrogens with zero attached hydrogens (tertiary/aromatic N) is 2. The summed E-state index contributed by atoms with van der Waals surface area (Å²) in [6.45, 7) is 0. The number of carbonyl (C=O) groups is 2. The first kappa shape index (κ1) is 20.4. The zero-order valence-corrected chi connectivity index (χ0v) is 17.4. The molecule has 0 fully saturated rings. The van der Waals surface area contributed by atoms with E-state index in [9.17, 15) is 9.59 Å². The minimum atomic E-state index is -0.745. The highest BCUT2D eigenvalue weighted by atomic mass is 32.1. The summed E-state index contributed by atoms with van der Waals surface area (Å²) in [5, 5.41) is 7.49. The molecule has 0 aliphatic carbocycles. The van der Waals surface area contributed by atoms with Crippen LogP contribution < -0.4 is 10.6 Å². The van der Waals surface area contributed by atoms with Gasteiger partial charge in [-0.1, -0.05) is 66.7 Å². The monoisotopic (exact) mass is 428 g/mol. The van der Waals surface area contributed by atoms with Crippen molar-refractivity contribution in [2.45, 2.75) is 12.5 Å². The summed E-state index contributed by atoms with van der Waals surface area (Å²) in [5.74, 6) is -0.0305. The number of anilines is 1. The van der Waals surface area contributed by atoms with Gasteiger partial charge in [0.05, 0.1) is 23.0 Å². The van der Waals surface area contributed by atoms with Crippen molar-refractivity contribution in [2.24, 2.45) is 0 Å². The second kappa shape index (κ2) is 9.77. The Balaban J connectivity index is 1.48. The van der Waals surface area contributed by atoms with Crippen molar-refractivity contribution in [2.75, 3.05) is 5.32 Å². The van der Waals surface area contributed by atoms with Gasteiger partial charge in [-0.25, -0.2) is 9.97 Å². The molecule has 1 unspecified atom stereocenters. The minimum Gasteiger partial charge on any atom is -0.339 e. The molecule has 2 amide bonds. The molecular weight excluding hydrogens is 408 g/mol. The van der Waals surface area contributed by atoms with E-state index in [1.165, 1.54) is 11.3 Å². The van der Waals surface area contributed by atoms with Crippen LogP contribution in [0, 0.1) is 0 Å². The van der Waals surface area contributed by atoms with E-state index in [4.69, 9.17) is 0 Å². The lowest BCUT2D eigenvalue weighted by Gasteiger charge is -2.18. The second-order valence-electron chi connectivity index (χ2n) is 6.84. The first-order valence-electron chi connectivity index (χ1n) is 9.75. The van der Waals surface area contributed by atoms with Gasteiger partial charge in [0, 0.05) is 12.0 Å². The van der Waals surface area contributed by atoms with Crippen LogP contribution in [0.25, 0.3) is 11.4 Å². The van der Waals surface area contributed by atoms with Crippen molar-refractivity contribution < 1.29 is 9.59 Å². The number of thiophene rings is 1. The summed E-state index contributed by atoms with van der Waals surface area (Å²) < 4.78 is 0. The van der Waals surface area contributed by atoms with E-state index in [1.54, 1.807) is 24.5 Å². The number of benzene rings is 2. The zero-order chi connectivity index (χ0) is 21.5. The molecule has 2 heterocycles. The summed E-state index contributed by atoms with van der Waals surface area (Å²) >= 11 is 1.33. The van der Waals surface area contributed by atoms with Gasteiger partial charge in [-0.15, -0.1) is 11.3 Å². The fourth-order valence-electron chi connectivity index (χ4n) is 3.05. The number of nitrogens with one attached hydrogen (secondary N) is 2. The third-order valence-corrected chi connectivity index (χ3v) is 5.47. The summed E-state index contributed by atoms with van der Waals surface area (Å²) in [7, 11) is 0. The van der Waals surface area contributed by atoms with Crippen molar-refractivity contribution in [1.29, 1.82) is 0 Å². The Hall–Kier alpha value is -3.84. The Labute approximate surface area is 184 Å². The molecular formula is C24H20N4O2S. The molecule has 2 aromatic heterocycles. The lowest BCUT2D eigenvalue weighted by atomic mass is 10.0. The second-order valence-corrected chi connectivity index (χ2v) is 7.79. The standard InChI is InChI=1S/C24H20N4O2S/c29-23(27-19-15-25-22(26-16-19)18-10-5-2-6-11-18)20(14-17-8-3-1-4-9-17)28-24(30)21-12-7-13-31-21/h1-13,15-16,20H,14H2,(H,27,29)(H,28,30). The van der Waals surface area contributed by atoms with E-state index in [2.05, 4.69) is 20.6 Å². The van der Waals surface area contributed by atoms with Gasteiger partial charge < -0.3 is 10.6 Å². The average Bonchev–Trinajstić information content (AvgIpc) is 3.36. The molecule has 31 heavy (non-hydrogen) atoms. The molecule has 7 heteroatoms. The molecule has 4 aromatic rings. The predicted molar refractivity (Wildman–Crippen MR) is 122 cm³/mol. The molecule has 0 saturated carbocycles. The molecule has 0 radical (unpaired) electrons. The molecule has 1 atom stereocenters. The highest BCUT2D eigenvalue weighted by molar-refractivity contribution is 7.12. The number of rotatable bonds is 7. The number of hydrogen-bond acceptors (Lipinski definition) is 5. The number of aromatic nitrogens is 2. The van der Waals surface area contributed by atoms with Gasteiger partial charge in [-0.05, 0) is 17.0 Å². The summed E-state index contributed by atoms with van der Waals surface area (Å²) in [4.78, 5) is 34.8. The first-order valence-corrected chi connectivity index (χ1v) is 10.6. The van der Waals surface area contributed by atoms with Crippen molar-refractivity contribution >= 4 is 28.8 Å². The van der Waals surface area contributed by atoms with Crippen LogP contribution in [0.4, 0.5) is 5.69 Å². The molecule has 0 aliphatic rings. The van der Waals surface area contributed by atoms with E-state index < -0.39 is 6.04 Å². The maximum Gasteiger partial charge on any atom is 0.262 e. The summed E-state index contributed by atoms with van der Waals surface area (Å²) in [6.07, 6.45) is 3.49. The lowest BCUT2D eigenvalue weighted by molar-refractivity contribution is -0.118. The van der Waals surface area contributed by atoms with Gasteiger partial charge in [0.25, 0.3) is 5.91 Å². The fourth-order valence-corrected chi connectivity index (χ4v) is 3.68. The Morgan fingerprint density at radius 2 is 1.55 bits per heavy atom.